The second-order valence-corrected chi connectivity index (χ2v) is 15.3. The zero-order chi connectivity index (χ0) is 37.3. The minimum absolute atomic E-state index is 0.108. The lowest BCUT2D eigenvalue weighted by atomic mass is 9.82. The van der Waals surface area contributed by atoms with E-state index in [4.69, 9.17) is 0 Å². The second-order valence-electron chi connectivity index (χ2n) is 15.3. The fourth-order valence-electron chi connectivity index (χ4n) is 9.07. The molecule has 0 aliphatic heterocycles. The van der Waals surface area contributed by atoms with Gasteiger partial charge in [0.05, 0.1) is 16.7 Å². The van der Waals surface area contributed by atoms with Gasteiger partial charge in [-0.2, -0.15) is 0 Å². The summed E-state index contributed by atoms with van der Waals surface area (Å²) in [4.78, 5) is 2.46. The van der Waals surface area contributed by atoms with Crippen LogP contribution in [0, 0.1) is 0 Å². The Balaban J connectivity index is 1.13. The molecule has 0 radical (unpaired) electrons. The maximum absolute atomic E-state index is 4.44. The number of fused-ring (bicyclic) bond motifs is 9. The quantitative estimate of drug-likeness (QED) is 0.118. The lowest BCUT2D eigenvalue weighted by Gasteiger charge is -2.29. The Bertz CT molecular complexity index is 3010. The van der Waals surface area contributed by atoms with Crippen molar-refractivity contribution in [2.75, 3.05) is 4.90 Å². The van der Waals surface area contributed by atoms with Gasteiger partial charge in [0.2, 0.25) is 0 Å². The van der Waals surface area contributed by atoms with Crippen molar-refractivity contribution in [3.63, 3.8) is 0 Å². The van der Waals surface area contributed by atoms with E-state index in [1.807, 2.05) is 0 Å². The highest BCUT2D eigenvalue weighted by Crippen LogP contribution is 2.51. The van der Waals surface area contributed by atoms with Gasteiger partial charge < -0.3 is 9.47 Å². The Morgan fingerprint density at radius 3 is 2.02 bits per heavy atom. The van der Waals surface area contributed by atoms with E-state index in [1.54, 1.807) is 0 Å². The minimum Gasteiger partial charge on any atom is -0.310 e. The summed E-state index contributed by atoms with van der Waals surface area (Å²) in [5, 5.41) is 7.45. The van der Waals surface area contributed by atoms with Crippen LogP contribution in [0.5, 0.6) is 0 Å². The summed E-state index contributed by atoms with van der Waals surface area (Å²) in [6.45, 7) is 11.3. The fourth-order valence-corrected chi connectivity index (χ4v) is 9.07. The monoisotopic (exact) mass is 706 g/mol. The minimum atomic E-state index is -0.108. The number of rotatable bonds is 7. The number of hydrogen-bond donors (Lipinski definition) is 0. The van der Waals surface area contributed by atoms with E-state index in [0.717, 1.165) is 23.5 Å². The fraction of sp³-hybridized carbons (Fsp3) is 0.0943. The molecule has 0 spiro atoms. The van der Waals surface area contributed by atoms with Crippen molar-refractivity contribution >= 4 is 66.1 Å². The van der Waals surface area contributed by atoms with Crippen molar-refractivity contribution in [3.05, 3.63) is 194 Å². The van der Waals surface area contributed by atoms with E-state index in [-0.39, 0.29) is 5.41 Å². The zero-order valence-corrected chi connectivity index (χ0v) is 31.6. The van der Waals surface area contributed by atoms with E-state index < -0.39 is 0 Å². The van der Waals surface area contributed by atoms with Gasteiger partial charge >= 0.3 is 0 Å². The second kappa shape index (κ2) is 12.7. The molecule has 1 aliphatic rings. The number of benzene rings is 8. The Morgan fingerprint density at radius 1 is 0.564 bits per heavy atom. The highest BCUT2D eigenvalue weighted by atomic mass is 15.1. The van der Waals surface area contributed by atoms with Gasteiger partial charge in [0.1, 0.15) is 0 Å². The molecule has 0 saturated carbocycles. The number of allylic oxidation sites excluding steroid dienone is 3. The Labute approximate surface area is 322 Å². The molecule has 1 aliphatic carbocycles. The lowest BCUT2D eigenvalue weighted by Crippen LogP contribution is -2.16. The Kier molecular flexibility index (Phi) is 7.64. The molecule has 1 aromatic heterocycles. The maximum atomic E-state index is 4.44. The van der Waals surface area contributed by atoms with Gasteiger partial charge in [-0.3, -0.25) is 0 Å². The van der Waals surface area contributed by atoms with Crippen molar-refractivity contribution in [1.29, 1.82) is 0 Å². The Morgan fingerprint density at radius 2 is 1.20 bits per heavy atom. The highest BCUT2D eigenvalue weighted by Gasteiger charge is 2.36. The number of nitrogens with zero attached hydrogens (tertiary/aromatic N) is 2. The average molecular weight is 707 g/mol. The number of anilines is 3. The zero-order valence-electron chi connectivity index (χ0n) is 31.6. The Hall–Kier alpha value is -6.64. The molecule has 2 nitrogen and oxygen atoms in total. The topological polar surface area (TPSA) is 8.17 Å². The van der Waals surface area contributed by atoms with E-state index in [0.29, 0.717) is 0 Å². The average Bonchev–Trinajstić information content (AvgIpc) is 3.68. The molecule has 8 aromatic carbocycles. The lowest BCUT2D eigenvalue weighted by molar-refractivity contribution is 0.660. The molecule has 264 valence electrons. The van der Waals surface area contributed by atoms with Crippen LogP contribution in [0.3, 0.4) is 0 Å². The molecule has 10 rings (SSSR count). The maximum Gasteiger partial charge on any atom is 0.0546 e. The van der Waals surface area contributed by atoms with Crippen LogP contribution in [0.25, 0.3) is 71.3 Å². The van der Waals surface area contributed by atoms with E-state index in [9.17, 15) is 0 Å². The van der Waals surface area contributed by atoms with Crippen LogP contribution in [0.15, 0.2) is 183 Å². The van der Waals surface area contributed by atoms with Gasteiger partial charge in [0.25, 0.3) is 0 Å². The summed E-state index contributed by atoms with van der Waals surface area (Å²) < 4.78 is 2.28. The van der Waals surface area contributed by atoms with E-state index in [1.165, 1.54) is 82.4 Å². The van der Waals surface area contributed by atoms with E-state index in [2.05, 4.69) is 213 Å². The summed E-state index contributed by atoms with van der Waals surface area (Å²) in [6, 6.07) is 60.5. The standard InChI is InChI=1S/C53H42N2/c1-5-6-15-35(2)54-50-23-14-12-21-46(50)47-32-37(26-31-51(47)54)36-24-27-39(28-25-36)55(52-33-38-16-7-8-17-41(38)42-18-9-10-20-45(42)52)40-29-30-44-43-19-11-13-22-48(43)53(3,4)49(44)34-40/h6-34H,2,5H2,1,3-4H3/b15-6-. The van der Waals surface area contributed by atoms with Gasteiger partial charge in [-0.05, 0) is 111 Å². The molecular formula is C53H42N2. The smallest absolute Gasteiger partial charge is 0.0546 e. The summed E-state index contributed by atoms with van der Waals surface area (Å²) in [6.07, 6.45) is 5.28. The largest absolute Gasteiger partial charge is 0.310 e. The first-order valence-electron chi connectivity index (χ1n) is 19.4. The number of para-hydroxylation sites is 1. The molecule has 0 N–H and O–H groups in total. The first-order chi connectivity index (χ1) is 26.9. The van der Waals surface area contributed by atoms with Gasteiger partial charge in [-0.1, -0.05) is 149 Å². The molecule has 0 amide bonds. The van der Waals surface area contributed by atoms with Crippen LogP contribution in [-0.4, -0.2) is 4.57 Å². The van der Waals surface area contributed by atoms with Crippen molar-refractivity contribution in [1.82, 2.24) is 4.57 Å². The SMILES string of the molecule is C=C(/C=C\CC)n1c2ccccc2c2cc(-c3ccc(N(c4ccc5c(c4)C(C)(C)c4ccccc4-5)c4cc5ccccc5c5ccccc45)cc3)ccc21. The molecule has 0 saturated heterocycles. The highest BCUT2D eigenvalue weighted by molar-refractivity contribution is 6.15. The van der Waals surface area contributed by atoms with Crippen molar-refractivity contribution in [3.8, 4) is 22.3 Å². The molecule has 0 atom stereocenters. The molecule has 55 heavy (non-hydrogen) atoms. The molecule has 0 unspecified atom stereocenters. The number of aromatic nitrogens is 1. The first-order valence-corrected chi connectivity index (χ1v) is 19.4. The van der Waals surface area contributed by atoms with Gasteiger partial charge in [0.15, 0.2) is 0 Å². The molecular weight excluding hydrogens is 665 g/mol. The van der Waals surface area contributed by atoms with Crippen molar-refractivity contribution < 1.29 is 0 Å². The molecule has 2 heteroatoms. The van der Waals surface area contributed by atoms with E-state index >= 15 is 0 Å². The molecule has 0 fully saturated rings. The summed E-state index contributed by atoms with van der Waals surface area (Å²) >= 11 is 0. The molecule has 1 heterocycles. The summed E-state index contributed by atoms with van der Waals surface area (Å²) in [5.74, 6) is 0. The summed E-state index contributed by atoms with van der Waals surface area (Å²) in [5.41, 5.74) is 14.4. The van der Waals surface area contributed by atoms with Crippen LogP contribution in [0.2, 0.25) is 0 Å². The van der Waals surface area contributed by atoms with Crippen LogP contribution < -0.4 is 4.90 Å². The van der Waals surface area contributed by atoms with Crippen molar-refractivity contribution in [2.24, 2.45) is 0 Å². The third-order valence-electron chi connectivity index (χ3n) is 11.8. The third kappa shape index (κ3) is 5.16. The van der Waals surface area contributed by atoms with Crippen molar-refractivity contribution in [2.45, 2.75) is 32.6 Å². The number of hydrogen-bond acceptors (Lipinski definition) is 1. The predicted octanol–water partition coefficient (Wildman–Crippen LogP) is 15.0. The molecule has 0 bridgehead atoms. The summed E-state index contributed by atoms with van der Waals surface area (Å²) in [7, 11) is 0. The first kappa shape index (κ1) is 33.0. The van der Waals surface area contributed by atoms with Crippen LogP contribution in [0.4, 0.5) is 17.1 Å². The van der Waals surface area contributed by atoms with Crippen LogP contribution in [0.1, 0.15) is 38.3 Å². The van der Waals surface area contributed by atoms with Crippen LogP contribution in [-0.2, 0) is 5.41 Å². The molecule has 9 aromatic rings. The van der Waals surface area contributed by atoms with Crippen LogP contribution >= 0.6 is 0 Å². The van der Waals surface area contributed by atoms with Gasteiger partial charge in [-0.15, -0.1) is 0 Å². The third-order valence-corrected chi connectivity index (χ3v) is 11.8. The van der Waals surface area contributed by atoms with Gasteiger partial charge in [-0.25, -0.2) is 0 Å². The predicted molar refractivity (Wildman–Crippen MR) is 237 cm³/mol. The normalized spacial score (nSPS) is 13.2. The van der Waals surface area contributed by atoms with Gasteiger partial charge in [0, 0.05) is 38.6 Å².